The molecule has 0 bridgehead atoms. The monoisotopic (exact) mass is 218 g/mol. The van der Waals surface area contributed by atoms with Gasteiger partial charge in [-0.15, -0.1) is 11.6 Å². The number of piperidine rings is 1. The molecule has 0 radical (unpaired) electrons. The molecule has 3 amide bonds. The molecule has 1 fully saturated rings. The van der Waals surface area contributed by atoms with E-state index in [4.69, 9.17) is 11.6 Å². The first-order valence-corrected chi connectivity index (χ1v) is 5.42. The van der Waals surface area contributed by atoms with Crippen molar-refractivity contribution in [3.63, 3.8) is 0 Å². The molecule has 4 nitrogen and oxygen atoms in total. The minimum absolute atomic E-state index is 0.196. The number of halogens is 1. The summed E-state index contributed by atoms with van der Waals surface area (Å²) in [5.41, 5.74) is 0. The predicted molar refractivity (Wildman–Crippen MR) is 54.3 cm³/mol. The Labute approximate surface area is 88.6 Å². The van der Waals surface area contributed by atoms with Gasteiger partial charge >= 0.3 is 6.03 Å². The third-order valence-electron chi connectivity index (χ3n) is 2.21. The number of urea groups is 1. The molecule has 0 saturated carbocycles. The van der Waals surface area contributed by atoms with Crippen LogP contribution in [0.2, 0.25) is 0 Å². The number of nitrogens with zero attached hydrogens (tertiary/aromatic N) is 1. The standard InChI is InChI=1S/C9H15ClN2O2/c10-5-4-8(13)11-9(14)12-6-2-1-3-7-12/h1-7H2,(H,11,13,14). The number of hydrogen-bond acceptors (Lipinski definition) is 2. The molecule has 14 heavy (non-hydrogen) atoms. The predicted octanol–water partition coefficient (Wildman–Crippen LogP) is 1.34. The highest BCUT2D eigenvalue weighted by Crippen LogP contribution is 2.08. The Kier molecular flexibility index (Phi) is 4.73. The van der Waals surface area contributed by atoms with Gasteiger partial charge in [-0.2, -0.15) is 0 Å². The van der Waals surface area contributed by atoms with E-state index in [1.54, 1.807) is 4.90 Å². The van der Waals surface area contributed by atoms with Crippen LogP contribution < -0.4 is 5.32 Å². The van der Waals surface area contributed by atoms with Crippen LogP contribution in [0.15, 0.2) is 0 Å². The lowest BCUT2D eigenvalue weighted by molar-refractivity contribution is -0.119. The Morgan fingerprint density at radius 2 is 1.86 bits per heavy atom. The van der Waals surface area contributed by atoms with Crippen molar-refractivity contribution in [1.82, 2.24) is 10.2 Å². The fraction of sp³-hybridized carbons (Fsp3) is 0.778. The van der Waals surface area contributed by atoms with Crippen LogP contribution >= 0.6 is 11.6 Å². The van der Waals surface area contributed by atoms with Gasteiger partial charge in [0.25, 0.3) is 0 Å². The molecule has 0 aromatic carbocycles. The van der Waals surface area contributed by atoms with E-state index in [0.717, 1.165) is 25.9 Å². The molecule has 1 saturated heterocycles. The van der Waals surface area contributed by atoms with Gasteiger partial charge in [0.1, 0.15) is 0 Å². The zero-order valence-electron chi connectivity index (χ0n) is 8.09. The summed E-state index contributed by atoms with van der Waals surface area (Å²) in [5.74, 6) is -0.0466. The van der Waals surface area contributed by atoms with Crippen molar-refractivity contribution in [2.45, 2.75) is 25.7 Å². The lowest BCUT2D eigenvalue weighted by Gasteiger charge is -2.26. The summed E-state index contributed by atoms with van der Waals surface area (Å²) >= 11 is 5.38. The van der Waals surface area contributed by atoms with Gasteiger partial charge in [0.05, 0.1) is 0 Å². The molecule has 1 rings (SSSR count). The van der Waals surface area contributed by atoms with Gasteiger partial charge in [0.2, 0.25) is 5.91 Å². The molecule has 1 aliphatic heterocycles. The molecule has 0 aliphatic carbocycles. The highest BCUT2D eigenvalue weighted by molar-refractivity contribution is 6.19. The van der Waals surface area contributed by atoms with Crippen molar-refractivity contribution in [3.05, 3.63) is 0 Å². The van der Waals surface area contributed by atoms with Gasteiger partial charge in [-0.3, -0.25) is 10.1 Å². The largest absolute Gasteiger partial charge is 0.324 e. The first-order chi connectivity index (χ1) is 6.74. The maximum Gasteiger partial charge on any atom is 0.324 e. The topological polar surface area (TPSA) is 49.4 Å². The molecule has 0 unspecified atom stereocenters. The number of likely N-dealkylation sites (tertiary alicyclic amines) is 1. The van der Waals surface area contributed by atoms with Crippen molar-refractivity contribution in [3.8, 4) is 0 Å². The first-order valence-electron chi connectivity index (χ1n) is 4.89. The number of carbonyl (C=O) groups excluding carboxylic acids is 2. The second kappa shape index (κ2) is 5.86. The summed E-state index contributed by atoms with van der Waals surface area (Å²) < 4.78 is 0. The van der Waals surface area contributed by atoms with E-state index < -0.39 is 0 Å². The smallest absolute Gasteiger partial charge is 0.324 e. The molecule has 0 atom stereocenters. The number of rotatable bonds is 2. The lowest BCUT2D eigenvalue weighted by atomic mass is 10.1. The molecule has 5 heteroatoms. The Bertz CT molecular complexity index is 215. The van der Waals surface area contributed by atoms with E-state index in [0.29, 0.717) is 0 Å². The summed E-state index contributed by atoms with van der Waals surface area (Å²) in [6.07, 6.45) is 3.41. The van der Waals surface area contributed by atoms with Crippen LogP contribution in [0.25, 0.3) is 0 Å². The van der Waals surface area contributed by atoms with Gasteiger partial charge in [-0.05, 0) is 19.3 Å². The molecular formula is C9H15ClN2O2. The number of alkyl halides is 1. The Hall–Kier alpha value is -0.770. The quantitative estimate of drug-likeness (QED) is 0.712. The molecule has 0 aromatic rings. The maximum absolute atomic E-state index is 11.4. The normalized spacial score (nSPS) is 16.5. The highest BCUT2D eigenvalue weighted by atomic mass is 35.5. The molecule has 1 aliphatic rings. The van der Waals surface area contributed by atoms with Gasteiger partial charge < -0.3 is 4.90 Å². The van der Waals surface area contributed by atoms with E-state index in [1.165, 1.54) is 6.42 Å². The first kappa shape index (κ1) is 11.3. The molecular weight excluding hydrogens is 204 g/mol. The second-order valence-electron chi connectivity index (χ2n) is 3.34. The van der Waals surface area contributed by atoms with E-state index in [1.807, 2.05) is 0 Å². The van der Waals surface area contributed by atoms with Crippen molar-refractivity contribution in [2.75, 3.05) is 19.0 Å². The lowest BCUT2D eigenvalue weighted by Crippen LogP contribution is -2.45. The molecule has 1 N–H and O–H groups in total. The average molecular weight is 219 g/mol. The summed E-state index contributed by atoms with van der Waals surface area (Å²) in [7, 11) is 0. The number of imide groups is 1. The third kappa shape index (κ3) is 3.54. The minimum atomic E-state index is -0.296. The van der Waals surface area contributed by atoms with Gasteiger partial charge in [-0.1, -0.05) is 0 Å². The van der Waals surface area contributed by atoms with E-state index >= 15 is 0 Å². The Morgan fingerprint density at radius 3 is 2.43 bits per heavy atom. The average Bonchev–Trinajstić information content (AvgIpc) is 2.19. The minimum Gasteiger partial charge on any atom is -0.324 e. The van der Waals surface area contributed by atoms with Gasteiger partial charge in [0, 0.05) is 25.4 Å². The third-order valence-corrected chi connectivity index (χ3v) is 2.40. The van der Waals surface area contributed by atoms with Gasteiger partial charge in [0.15, 0.2) is 0 Å². The highest BCUT2D eigenvalue weighted by Gasteiger charge is 2.17. The SMILES string of the molecule is O=C(CCCl)NC(=O)N1CCCCC1. The van der Waals surface area contributed by atoms with Crippen molar-refractivity contribution >= 4 is 23.5 Å². The van der Waals surface area contributed by atoms with E-state index in [2.05, 4.69) is 5.32 Å². The Morgan fingerprint density at radius 1 is 1.21 bits per heavy atom. The molecule has 1 heterocycles. The maximum atomic E-state index is 11.4. The van der Waals surface area contributed by atoms with E-state index in [-0.39, 0.29) is 24.2 Å². The van der Waals surface area contributed by atoms with Crippen LogP contribution in [0.1, 0.15) is 25.7 Å². The Balaban J connectivity index is 2.29. The van der Waals surface area contributed by atoms with Crippen LogP contribution in [-0.2, 0) is 4.79 Å². The van der Waals surface area contributed by atoms with Crippen LogP contribution in [0.5, 0.6) is 0 Å². The van der Waals surface area contributed by atoms with Crippen LogP contribution in [0, 0.1) is 0 Å². The van der Waals surface area contributed by atoms with Crippen molar-refractivity contribution < 1.29 is 9.59 Å². The summed E-state index contributed by atoms with van der Waals surface area (Å²) in [6, 6.07) is -0.278. The van der Waals surface area contributed by atoms with Crippen LogP contribution in [-0.4, -0.2) is 35.8 Å². The number of amides is 3. The number of nitrogens with one attached hydrogen (secondary N) is 1. The van der Waals surface area contributed by atoms with E-state index in [9.17, 15) is 9.59 Å². The molecule has 80 valence electrons. The summed E-state index contributed by atoms with van der Waals surface area (Å²) in [5, 5.41) is 2.31. The fourth-order valence-electron chi connectivity index (χ4n) is 1.44. The van der Waals surface area contributed by atoms with Crippen LogP contribution in [0.4, 0.5) is 4.79 Å². The zero-order valence-corrected chi connectivity index (χ0v) is 8.85. The van der Waals surface area contributed by atoms with Gasteiger partial charge in [-0.25, -0.2) is 4.79 Å². The summed E-state index contributed by atoms with van der Waals surface area (Å²) in [4.78, 5) is 24.2. The van der Waals surface area contributed by atoms with Crippen molar-refractivity contribution in [2.24, 2.45) is 0 Å². The molecule has 0 aromatic heterocycles. The zero-order chi connectivity index (χ0) is 10.4. The van der Waals surface area contributed by atoms with Crippen LogP contribution in [0.3, 0.4) is 0 Å². The van der Waals surface area contributed by atoms with Crippen molar-refractivity contribution in [1.29, 1.82) is 0 Å². The summed E-state index contributed by atoms with van der Waals surface area (Å²) in [6.45, 7) is 1.50. The second-order valence-corrected chi connectivity index (χ2v) is 3.72. The number of hydrogen-bond donors (Lipinski definition) is 1. The fourth-order valence-corrected chi connectivity index (χ4v) is 1.62. The molecule has 0 spiro atoms. The number of carbonyl (C=O) groups is 2.